The van der Waals surface area contributed by atoms with E-state index in [2.05, 4.69) is 46.0 Å². The molecule has 0 spiro atoms. The van der Waals surface area contributed by atoms with Crippen molar-refractivity contribution in [3.63, 3.8) is 0 Å². The van der Waals surface area contributed by atoms with Crippen LogP contribution in [0.2, 0.25) is 5.02 Å². The third-order valence-corrected chi connectivity index (χ3v) is 4.05. The van der Waals surface area contributed by atoms with Gasteiger partial charge >= 0.3 is 0 Å². The van der Waals surface area contributed by atoms with E-state index >= 15 is 0 Å². The van der Waals surface area contributed by atoms with Gasteiger partial charge in [-0.1, -0.05) is 58.4 Å². The lowest BCUT2D eigenvalue weighted by atomic mass is 10.2. The van der Waals surface area contributed by atoms with Crippen LogP contribution in [0.4, 0.5) is 0 Å². The summed E-state index contributed by atoms with van der Waals surface area (Å²) in [5.74, 6) is 0.669. The first-order chi connectivity index (χ1) is 8.29. The summed E-state index contributed by atoms with van der Waals surface area (Å²) in [5.41, 5.74) is 1.29. The molecular weight excluding hydrogens is 262 g/mol. The minimum Gasteiger partial charge on any atom is -0.312 e. The standard InChI is InChI=1S/C15H24ClNS/c1-11(2)9-17-10-12-7-6-8-13(16)14(12)18-15(3,4)5/h6-8,11,17H,9-10H2,1-5H3. The first kappa shape index (κ1) is 15.9. The van der Waals surface area contributed by atoms with Gasteiger partial charge in [-0.2, -0.15) is 0 Å². The zero-order chi connectivity index (χ0) is 13.8. The van der Waals surface area contributed by atoms with Crippen molar-refractivity contribution in [1.82, 2.24) is 5.32 Å². The van der Waals surface area contributed by atoms with E-state index in [0.29, 0.717) is 5.92 Å². The van der Waals surface area contributed by atoms with Crippen molar-refractivity contribution in [2.75, 3.05) is 6.54 Å². The third-order valence-electron chi connectivity index (χ3n) is 2.32. The molecule has 0 saturated carbocycles. The summed E-state index contributed by atoms with van der Waals surface area (Å²) in [7, 11) is 0. The summed E-state index contributed by atoms with van der Waals surface area (Å²) < 4.78 is 0.178. The normalized spacial score (nSPS) is 12.2. The van der Waals surface area contributed by atoms with Crippen LogP contribution in [0.25, 0.3) is 0 Å². The summed E-state index contributed by atoms with van der Waals surface area (Å²) in [6.45, 7) is 13.0. The average Bonchev–Trinajstić information content (AvgIpc) is 2.20. The average molecular weight is 286 g/mol. The SMILES string of the molecule is CC(C)CNCc1cccc(Cl)c1SC(C)(C)C. The number of thioether (sulfide) groups is 1. The molecule has 0 bridgehead atoms. The minimum absolute atomic E-state index is 0.178. The number of halogens is 1. The maximum atomic E-state index is 6.33. The van der Waals surface area contributed by atoms with Crippen molar-refractivity contribution < 1.29 is 0 Å². The summed E-state index contributed by atoms with van der Waals surface area (Å²) in [4.78, 5) is 1.21. The first-order valence-electron chi connectivity index (χ1n) is 6.46. The van der Waals surface area contributed by atoms with Crippen LogP contribution in [0.15, 0.2) is 23.1 Å². The summed E-state index contributed by atoms with van der Waals surface area (Å²) >= 11 is 8.17. The molecule has 0 unspecified atom stereocenters. The van der Waals surface area contributed by atoms with Gasteiger partial charge in [0.15, 0.2) is 0 Å². The Labute approximate surface area is 121 Å². The van der Waals surface area contributed by atoms with Crippen LogP contribution < -0.4 is 5.32 Å². The van der Waals surface area contributed by atoms with Crippen molar-refractivity contribution in [2.45, 2.75) is 50.8 Å². The van der Waals surface area contributed by atoms with Crippen molar-refractivity contribution in [2.24, 2.45) is 5.92 Å². The Morgan fingerprint density at radius 3 is 2.50 bits per heavy atom. The lowest BCUT2D eigenvalue weighted by molar-refractivity contribution is 0.550. The van der Waals surface area contributed by atoms with Gasteiger partial charge in [0.05, 0.1) is 5.02 Å². The molecule has 1 aromatic carbocycles. The van der Waals surface area contributed by atoms with Crippen molar-refractivity contribution in [3.05, 3.63) is 28.8 Å². The van der Waals surface area contributed by atoms with Gasteiger partial charge in [0.2, 0.25) is 0 Å². The first-order valence-corrected chi connectivity index (χ1v) is 7.66. The van der Waals surface area contributed by atoms with E-state index in [4.69, 9.17) is 11.6 Å². The van der Waals surface area contributed by atoms with Gasteiger partial charge in [-0.25, -0.2) is 0 Å². The molecule has 0 aliphatic heterocycles. The van der Waals surface area contributed by atoms with Crippen LogP contribution >= 0.6 is 23.4 Å². The topological polar surface area (TPSA) is 12.0 Å². The molecule has 1 rings (SSSR count). The zero-order valence-electron chi connectivity index (χ0n) is 12.0. The number of hydrogen-bond acceptors (Lipinski definition) is 2. The Kier molecular flexibility index (Phi) is 6.03. The van der Waals surface area contributed by atoms with Gasteiger partial charge in [0.25, 0.3) is 0 Å². The van der Waals surface area contributed by atoms with Crippen LogP contribution in [0.1, 0.15) is 40.2 Å². The molecule has 1 N–H and O–H groups in total. The van der Waals surface area contributed by atoms with Crippen LogP contribution in [-0.4, -0.2) is 11.3 Å². The maximum Gasteiger partial charge on any atom is 0.0545 e. The number of hydrogen-bond donors (Lipinski definition) is 1. The Morgan fingerprint density at radius 1 is 1.28 bits per heavy atom. The number of benzene rings is 1. The van der Waals surface area contributed by atoms with E-state index in [1.165, 1.54) is 10.5 Å². The van der Waals surface area contributed by atoms with E-state index in [1.54, 1.807) is 0 Å². The molecule has 1 nitrogen and oxygen atoms in total. The summed E-state index contributed by atoms with van der Waals surface area (Å²) in [6, 6.07) is 6.16. The van der Waals surface area contributed by atoms with Gasteiger partial charge in [0, 0.05) is 16.2 Å². The maximum absolute atomic E-state index is 6.33. The van der Waals surface area contributed by atoms with E-state index in [-0.39, 0.29) is 4.75 Å². The molecule has 0 radical (unpaired) electrons. The molecule has 0 saturated heterocycles. The monoisotopic (exact) mass is 285 g/mol. The lowest BCUT2D eigenvalue weighted by Gasteiger charge is -2.21. The Balaban J connectivity index is 2.80. The van der Waals surface area contributed by atoms with E-state index < -0.39 is 0 Å². The highest BCUT2D eigenvalue weighted by atomic mass is 35.5. The molecule has 3 heteroatoms. The third kappa shape index (κ3) is 5.64. The van der Waals surface area contributed by atoms with Crippen molar-refractivity contribution in [1.29, 1.82) is 0 Å². The Morgan fingerprint density at radius 2 is 1.94 bits per heavy atom. The highest BCUT2D eigenvalue weighted by Gasteiger charge is 2.17. The van der Waals surface area contributed by atoms with Gasteiger partial charge in [-0.05, 0) is 24.1 Å². The number of rotatable bonds is 5. The number of nitrogens with one attached hydrogen (secondary N) is 1. The highest BCUT2D eigenvalue weighted by molar-refractivity contribution is 8.00. The quantitative estimate of drug-likeness (QED) is 0.766. The Bertz CT molecular complexity index is 383. The van der Waals surface area contributed by atoms with E-state index in [9.17, 15) is 0 Å². The Hall–Kier alpha value is -0.180. The van der Waals surface area contributed by atoms with Gasteiger partial charge in [-0.15, -0.1) is 11.8 Å². The van der Waals surface area contributed by atoms with Crippen LogP contribution in [-0.2, 0) is 6.54 Å². The van der Waals surface area contributed by atoms with Crippen molar-refractivity contribution in [3.8, 4) is 0 Å². The largest absolute Gasteiger partial charge is 0.312 e. The van der Waals surface area contributed by atoms with Gasteiger partial charge in [0.1, 0.15) is 0 Å². The van der Waals surface area contributed by atoms with E-state index in [1.807, 2.05) is 23.9 Å². The molecule has 0 amide bonds. The second-order valence-electron chi connectivity index (χ2n) is 5.97. The molecule has 102 valence electrons. The van der Waals surface area contributed by atoms with Crippen LogP contribution in [0.5, 0.6) is 0 Å². The molecule has 0 aliphatic rings. The molecular formula is C15H24ClNS. The molecule has 0 atom stereocenters. The fourth-order valence-corrected chi connectivity index (χ4v) is 2.97. The fraction of sp³-hybridized carbons (Fsp3) is 0.600. The molecule has 0 fully saturated rings. The smallest absolute Gasteiger partial charge is 0.0545 e. The molecule has 1 aromatic rings. The lowest BCUT2D eigenvalue weighted by Crippen LogP contribution is -2.19. The van der Waals surface area contributed by atoms with Crippen LogP contribution in [0.3, 0.4) is 0 Å². The van der Waals surface area contributed by atoms with Crippen LogP contribution in [0, 0.1) is 5.92 Å². The molecule has 18 heavy (non-hydrogen) atoms. The second-order valence-corrected chi connectivity index (χ2v) is 8.21. The fourth-order valence-electron chi connectivity index (χ4n) is 1.61. The minimum atomic E-state index is 0.178. The predicted octanol–water partition coefficient (Wildman–Crippen LogP) is 4.98. The van der Waals surface area contributed by atoms with Gasteiger partial charge in [-0.3, -0.25) is 0 Å². The zero-order valence-corrected chi connectivity index (χ0v) is 13.6. The van der Waals surface area contributed by atoms with E-state index in [0.717, 1.165) is 18.1 Å². The molecule has 0 aliphatic carbocycles. The molecule has 0 aromatic heterocycles. The molecule has 0 heterocycles. The highest BCUT2D eigenvalue weighted by Crippen LogP contribution is 2.38. The summed E-state index contributed by atoms with van der Waals surface area (Å²) in [5, 5.41) is 4.34. The van der Waals surface area contributed by atoms with Gasteiger partial charge < -0.3 is 5.32 Å². The summed E-state index contributed by atoms with van der Waals surface area (Å²) in [6.07, 6.45) is 0. The van der Waals surface area contributed by atoms with Crippen molar-refractivity contribution >= 4 is 23.4 Å². The second kappa shape index (κ2) is 6.83. The predicted molar refractivity (Wildman–Crippen MR) is 83.6 cm³/mol.